The molecule has 0 aliphatic carbocycles. The predicted octanol–water partition coefficient (Wildman–Crippen LogP) is 1.35. The average Bonchev–Trinajstić information content (AvgIpc) is 2.54. The van der Waals surface area contributed by atoms with Crippen molar-refractivity contribution in [3.8, 4) is 0 Å². The molecule has 0 saturated carbocycles. The smallest absolute Gasteiger partial charge is 0.301 e. The molecule has 0 fully saturated rings. The molecule has 0 bridgehead atoms. The van der Waals surface area contributed by atoms with Crippen LogP contribution in [0.2, 0.25) is 0 Å². The Morgan fingerprint density at radius 1 is 1.54 bits per heavy atom. The van der Waals surface area contributed by atoms with Crippen molar-refractivity contribution in [3.05, 3.63) is 51.3 Å². The zero-order valence-electron chi connectivity index (χ0n) is 6.88. The molecule has 0 atom stereocenters. The largest absolute Gasteiger partial charge is 0.307 e. The minimum atomic E-state index is 0.0730. The fourth-order valence-corrected chi connectivity index (χ4v) is 1.68. The summed E-state index contributed by atoms with van der Waals surface area (Å²) in [6.07, 6.45) is 5.28. The lowest BCUT2D eigenvalue weighted by Crippen LogP contribution is -2.12. The highest BCUT2D eigenvalue weighted by Crippen LogP contribution is 1.99. The maximum absolute atomic E-state index is 11.2. The number of nitrogens with zero attached hydrogens (tertiary/aromatic N) is 2. The lowest BCUT2D eigenvalue weighted by molar-refractivity contribution is 0.780. The zero-order valence-corrected chi connectivity index (χ0v) is 7.70. The van der Waals surface area contributed by atoms with Gasteiger partial charge in [0.2, 0.25) is 0 Å². The lowest BCUT2D eigenvalue weighted by Gasteiger charge is -1.99. The fraction of sp³-hybridized carbons (Fsp3) is 0.111. The Morgan fingerprint density at radius 2 is 2.46 bits per heavy atom. The first kappa shape index (κ1) is 8.19. The van der Waals surface area contributed by atoms with Gasteiger partial charge in [-0.2, -0.15) is 0 Å². The van der Waals surface area contributed by atoms with Crippen LogP contribution >= 0.6 is 11.3 Å². The van der Waals surface area contributed by atoms with Gasteiger partial charge < -0.3 is 4.57 Å². The molecule has 2 aromatic rings. The summed E-state index contributed by atoms with van der Waals surface area (Å²) in [5.74, 6) is 0. The normalized spacial score (nSPS) is 10.2. The standard InChI is InChI=1S/C9H8N2OS/c12-9-11(4-5-13-9)7-8-2-1-3-10-6-8/h1-6H,7H2. The second kappa shape index (κ2) is 3.53. The van der Waals surface area contributed by atoms with Gasteiger partial charge in [0.1, 0.15) is 0 Å². The highest BCUT2D eigenvalue weighted by Gasteiger charge is 1.97. The van der Waals surface area contributed by atoms with Crippen molar-refractivity contribution in [2.75, 3.05) is 0 Å². The Hall–Kier alpha value is -1.42. The first-order chi connectivity index (χ1) is 6.36. The number of aromatic nitrogens is 2. The summed E-state index contributed by atoms with van der Waals surface area (Å²) in [4.78, 5) is 15.2. The fourth-order valence-electron chi connectivity index (χ4n) is 1.10. The molecule has 0 N–H and O–H groups in total. The molecule has 13 heavy (non-hydrogen) atoms. The summed E-state index contributed by atoms with van der Waals surface area (Å²) < 4.78 is 1.67. The van der Waals surface area contributed by atoms with E-state index in [0.717, 1.165) is 5.56 Å². The summed E-state index contributed by atoms with van der Waals surface area (Å²) in [5.41, 5.74) is 1.04. The van der Waals surface area contributed by atoms with Crippen molar-refractivity contribution in [1.29, 1.82) is 0 Å². The molecule has 0 aromatic carbocycles. The van der Waals surface area contributed by atoms with Crippen LogP contribution in [-0.2, 0) is 6.54 Å². The molecule has 2 heterocycles. The first-order valence-corrected chi connectivity index (χ1v) is 4.77. The third kappa shape index (κ3) is 1.84. The summed E-state index contributed by atoms with van der Waals surface area (Å²) in [6.45, 7) is 0.607. The van der Waals surface area contributed by atoms with Crippen LogP contribution in [0.5, 0.6) is 0 Å². The molecule has 0 spiro atoms. The Morgan fingerprint density at radius 3 is 3.08 bits per heavy atom. The SMILES string of the molecule is O=c1sccn1Cc1cccnc1. The minimum absolute atomic E-state index is 0.0730. The van der Waals surface area contributed by atoms with Crippen LogP contribution in [0.4, 0.5) is 0 Å². The van der Waals surface area contributed by atoms with E-state index >= 15 is 0 Å². The number of thiazole rings is 1. The summed E-state index contributed by atoms with van der Waals surface area (Å²) in [5, 5.41) is 1.79. The molecule has 2 rings (SSSR count). The highest BCUT2D eigenvalue weighted by molar-refractivity contribution is 7.07. The van der Waals surface area contributed by atoms with Gasteiger partial charge in [0, 0.05) is 24.0 Å². The van der Waals surface area contributed by atoms with Crippen LogP contribution in [0.15, 0.2) is 40.9 Å². The third-order valence-electron chi connectivity index (χ3n) is 1.72. The molecule has 0 saturated heterocycles. The van der Waals surface area contributed by atoms with Crippen LogP contribution in [0, 0.1) is 0 Å². The maximum Gasteiger partial charge on any atom is 0.307 e. The van der Waals surface area contributed by atoms with Gasteiger partial charge in [-0.15, -0.1) is 0 Å². The molecule has 66 valence electrons. The van der Waals surface area contributed by atoms with Crippen molar-refractivity contribution in [2.45, 2.75) is 6.54 Å². The quantitative estimate of drug-likeness (QED) is 0.720. The summed E-state index contributed by atoms with van der Waals surface area (Å²) in [6, 6.07) is 3.82. The van der Waals surface area contributed by atoms with Gasteiger partial charge in [0.05, 0.1) is 6.54 Å². The molecule has 3 nitrogen and oxygen atoms in total. The van der Waals surface area contributed by atoms with Crippen molar-refractivity contribution in [1.82, 2.24) is 9.55 Å². The first-order valence-electron chi connectivity index (χ1n) is 3.89. The van der Waals surface area contributed by atoms with Gasteiger partial charge in [-0.25, -0.2) is 0 Å². The molecule has 0 unspecified atom stereocenters. The molecule has 0 aliphatic heterocycles. The van der Waals surface area contributed by atoms with E-state index in [9.17, 15) is 4.79 Å². The van der Waals surface area contributed by atoms with Gasteiger partial charge in [0.15, 0.2) is 0 Å². The average molecular weight is 192 g/mol. The third-order valence-corrected chi connectivity index (χ3v) is 2.41. The van der Waals surface area contributed by atoms with Crippen molar-refractivity contribution in [3.63, 3.8) is 0 Å². The Bertz CT molecular complexity index is 432. The highest BCUT2D eigenvalue weighted by atomic mass is 32.1. The van der Waals surface area contributed by atoms with Gasteiger partial charge in [-0.3, -0.25) is 9.78 Å². The monoisotopic (exact) mass is 192 g/mol. The van der Waals surface area contributed by atoms with Crippen LogP contribution in [0.1, 0.15) is 5.56 Å². The number of hydrogen-bond acceptors (Lipinski definition) is 3. The van der Waals surface area contributed by atoms with Crippen molar-refractivity contribution >= 4 is 11.3 Å². The van der Waals surface area contributed by atoms with E-state index in [1.54, 1.807) is 28.5 Å². The van der Waals surface area contributed by atoms with E-state index in [1.165, 1.54) is 11.3 Å². The van der Waals surface area contributed by atoms with Gasteiger partial charge in [0.25, 0.3) is 0 Å². The van der Waals surface area contributed by atoms with E-state index in [1.807, 2.05) is 12.1 Å². The van der Waals surface area contributed by atoms with E-state index in [2.05, 4.69) is 4.98 Å². The summed E-state index contributed by atoms with van der Waals surface area (Å²) in [7, 11) is 0. The maximum atomic E-state index is 11.2. The van der Waals surface area contributed by atoms with Gasteiger partial charge in [-0.1, -0.05) is 17.4 Å². The number of rotatable bonds is 2. The molecule has 2 aromatic heterocycles. The Kier molecular flexibility index (Phi) is 2.23. The number of pyridine rings is 1. The van der Waals surface area contributed by atoms with Crippen LogP contribution in [-0.4, -0.2) is 9.55 Å². The number of hydrogen-bond donors (Lipinski definition) is 0. The molecule has 0 radical (unpaired) electrons. The second-order valence-corrected chi connectivity index (χ2v) is 3.52. The molecule has 0 aliphatic rings. The van der Waals surface area contributed by atoms with E-state index < -0.39 is 0 Å². The van der Waals surface area contributed by atoms with Crippen LogP contribution < -0.4 is 4.87 Å². The van der Waals surface area contributed by atoms with Gasteiger partial charge in [-0.05, 0) is 11.6 Å². The van der Waals surface area contributed by atoms with Gasteiger partial charge >= 0.3 is 4.87 Å². The predicted molar refractivity (Wildman–Crippen MR) is 51.9 cm³/mol. The Balaban J connectivity index is 2.25. The second-order valence-electron chi connectivity index (χ2n) is 2.66. The Labute approximate surface area is 79.3 Å². The van der Waals surface area contributed by atoms with E-state index in [-0.39, 0.29) is 4.87 Å². The summed E-state index contributed by atoms with van der Waals surface area (Å²) >= 11 is 1.21. The van der Waals surface area contributed by atoms with E-state index in [0.29, 0.717) is 6.54 Å². The van der Waals surface area contributed by atoms with Crippen molar-refractivity contribution in [2.24, 2.45) is 0 Å². The van der Waals surface area contributed by atoms with Crippen molar-refractivity contribution < 1.29 is 0 Å². The topological polar surface area (TPSA) is 34.9 Å². The van der Waals surface area contributed by atoms with E-state index in [4.69, 9.17) is 0 Å². The molecular formula is C9H8N2OS. The zero-order chi connectivity index (χ0) is 9.10. The van der Waals surface area contributed by atoms with Crippen LogP contribution in [0.3, 0.4) is 0 Å². The molecular weight excluding hydrogens is 184 g/mol. The van der Waals surface area contributed by atoms with Crippen LogP contribution in [0.25, 0.3) is 0 Å². The lowest BCUT2D eigenvalue weighted by atomic mass is 10.3. The molecule has 0 amide bonds. The minimum Gasteiger partial charge on any atom is -0.301 e. The molecule has 4 heteroatoms.